The predicted molar refractivity (Wildman–Crippen MR) is 153 cm³/mol. The molecule has 2 aromatic heterocycles. The van der Waals surface area contributed by atoms with E-state index >= 15 is 0 Å². The van der Waals surface area contributed by atoms with E-state index in [1.165, 1.54) is 0 Å². The third-order valence-corrected chi connectivity index (χ3v) is 6.02. The Morgan fingerprint density at radius 3 is 2.27 bits per heavy atom. The highest BCUT2D eigenvalue weighted by Crippen LogP contribution is 2.32. The molecule has 0 bridgehead atoms. The molecule has 0 unspecified atom stereocenters. The van der Waals surface area contributed by atoms with E-state index in [9.17, 15) is 19.5 Å². The summed E-state index contributed by atoms with van der Waals surface area (Å²) in [4.78, 5) is 47.0. The first-order valence-electron chi connectivity index (χ1n) is 12.9. The minimum Gasteiger partial charge on any atom is -0.530 e. The fourth-order valence-electron chi connectivity index (χ4n) is 4.04. The van der Waals surface area contributed by atoms with Gasteiger partial charge in [0.2, 0.25) is 0 Å². The molecule has 4 aromatic rings. The largest absolute Gasteiger partial charge is 0.530 e. The van der Waals surface area contributed by atoms with Crippen molar-refractivity contribution < 1.29 is 24.2 Å². The maximum Gasteiger partial charge on any atom is 0.407 e. The van der Waals surface area contributed by atoms with Gasteiger partial charge in [0.05, 0.1) is 11.4 Å². The maximum atomic E-state index is 13.2. The van der Waals surface area contributed by atoms with E-state index in [4.69, 9.17) is 4.74 Å². The third-order valence-electron chi connectivity index (χ3n) is 6.02. The van der Waals surface area contributed by atoms with Crippen LogP contribution in [-0.2, 0) is 17.9 Å². The van der Waals surface area contributed by atoms with Crippen molar-refractivity contribution in [3.05, 3.63) is 108 Å². The van der Waals surface area contributed by atoms with Crippen LogP contribution in [0.3, 0.4) is 0 Å². The van der Waals surface area contributed by atoms with Crippen molar-refractivity contribution in [3.63, 3.8) is 0 Å². The highest BCUT2D eigenvalue weighted by atomic mass is 16.5. The molecule has 41 heavy (non-hydrogen) atoms. The van der Waals surface area contributed by atoms with Crippen LogP contribution >= 0.6 is 0 Å². The second-order valence-electron chi connectivity index (χ2n) is 10.1. The number of nitrogens with one attached hydrogen (secondary N) is 2. The molecule has 0 aliphatic heterocycles. The molecule has 0 atom stereocenters. The number of aromatic nitrogens is 2. The van der Waals surface area contributed by atoms with Crippen LogP contribution in [0.4, 0.5) is 21.1 Å². The molecule has 3 amide bonds. The van der Waals surface area contributed by atoms with Crippen LogP contribution in [0.1, 0.15) is 42.3 Å². The molecular formula is C31H30N5O5-. The maximum absolute atomic E-state index is 13.2. The lowest BCUT2D eigenvalue weighted by Gasteiger charge is -2.38. The second kappa shape index (κ2) is 12.7. The van der Waals surface area contributed by atoms with Crippen LogP contribution in [0, 0.1) is 0 Å². The quantitative estimate of drug-likeness (QED) is 0.321. The smallest absolute Gasteiger partial charge is 0.407 e. The molecule has 10 heteroatoms. The summed E-state index contributed by atoms with van der Waals surface area (Å²) in [6.45, 7) is 5.47. The van der Waals surface area contributed by atoms with Crippen molar-refractivity contribution in [1.29, 1.82) is 0 Å². The summed E-state index contributed by atoms with van der Waals surface area (Å²) in [5, 5.41) is 17.5. The molecule has 0 aliphatic carbocycles. The molecule has 0 saturated carbocycles. The van der Waals surface area contributed by atoms with Crippen molar-refractivity contribution in [3.8, 4) is 11.3 Å². The first-order chi connectivity index (χ1) is 19.6. The van der Waals surface area contributed by atoms with E-state index < -0.39 is 23.6 Å². The van der Waals surface area contributed by atoms with Gasteiger partial charge in [-0.2, -0.15) is 0 Å². The monoisotopic (exact) mass is 552 g/mol. The summed E-state index contributed by atoms with van der Waals surface area (Å²) in [6, 6.07) is 22.8. The molecule has 10 nitrogen and oxygen atoms in total. The van der Waals surface area contributed by atoms with Gasteiger partial charge in [0.1, 0.15) is 12.7 Å². The number of anilines is 2. The van der Waals surface area contributed by atoms with Crippen molar-refractivity contribution >= 4 is 29.6 Å². The Kier molecular flexibility index (Phi) is 8.93. The van der Waals surface area contributed by atoms with Crippen LogP contribution in [0.5, 0.6) is 0 Å². The molecule has 2 heterocycles. The van der Waals surface area contributed by atoms with Crippen LogP contribution in [0.25, 0.3) is 11.3 Å². The van der Waals surface area contributed by atoms with E-state index in [1.807, 2.05) is 30.3 Å². The molecule has 4 rings (SSSR count). The van der Waals surface area contributed by atoms with E-state index in [0.29, 0.717) is 11.3 Å². The molecule has 0 fully saturated rings. The Bertz CT molecular complexity index is 1500. The minimum atomic E-state index is -1.42. The lowest BCUT2D eigenvalue weighted by Crippen LogP contribution is -2.52. The number of ether oxygens (including phenoxy) is 1. The lowest BCUT2D eigenvalue weighted by atomic mass is 10.0. The number of benzene rings is 2. The number of nitrogens with zero attached hydrogens (tertiary/aromatic N) is 3. The normalized spacial score (nSPS) is 10.9. The zero-order chi connectivity index (χ0) is 29.4. The molecule has 210 valence electrons. The van der Waals surface area contributed by atoms with Crippen molar-refractivity contribution in [2.24, 2.45) is 0 Å². The first kappa shape index (κ1) is 28.8. The topological polar surface area (TPSA) is 137 Å². The van der Waals surface area contributed by atoms with Gasteiger partial charge in [-0.3, -0.25) is 9.78 Å². The summed E-state index contributed by atoms with van der Waals surface area (Å²) in [5.74, 6) is -0.399. The molecule has 2 N–H and O–H groups in total. The zero-order valence-electron chi connectivity index (χ0n) is 23.0. The second-order valence-corrected chi connectivity index (χ2v) is 10.1. The van der Waals surface area contributed by atoms with Crippen LogP contribution in [0.2, 0.25) is 0 Å². The lowest BCUT2D eigenvalue weighted by molar-refractivity contribution is -0.247. The Balaban J connectivity index is 1.48. The Morgan fingerprint density at radius 2 is 1.63 bits per heavy atom. The Labute approximate surface area is 238 Å². The number of hydrogen-bond acceptors (Lipinski definition) is 7. The molecule has 2 aromatic carbocycles. The van der Waals surface area contributed by atoms with Gasteiger partial charge in [-0.05, 0) is 56.7 Å². The SMILES string of the molecule is CC(C)(C)N(C(=O)[O-])c1ccc(-c2ccccc2)nc1NC(=O)c1ccc(CNC(=O)OCc2cccnc2)cc1. The van der Waals surface area contributed by atoms with Gasteiger partial charge < -0.3 is 30.2 Å². The number of amides is 3. The van der Waals surface area contributed by atoms with Gasteiger partial charge in [0.15, 0.2) is 5.82 Å². The van der Waals surface area contributed by atoms with Crippen molar-refractivity contribution in [2.75, 3.05) is 10.2 Å². The summed E-state index contributed by atoms with van der Waals surface area (Å²) in [7, 11) is 0. The van der Waals surface area contributed by atoms with Crippen molar-refractivity contribution in [1.82, 2.24) is 15.3 Å². The highest BCUT2D eigenvalue weighted by Gasteiger charge is 2.27. The van der Waals surface area contributed by atoms with Gasteiger partial charge in [-0.25, -0.2) is 9.78 Å². The molecule has 0 aliphatic rings. The average molecular weight is 553 g/mol. The minimum absolute atomic E-state index is 0.0811. The highest BCUT2D eigenvalue weighted by molar-refractivity contribution is 6.06. The van der Waals surface area contributed by atoms with Crippen LogP contribution in [-0.4, -0.2) is 33.6 Å². The molecule has 0 spiro atoms. The first-order valence-corrected chi connectivity index (χ1v) is 12.9. The fraction of sp³-hybridized carbons (Fsp3) is 0.194. The zero-order valence-corrected chi connectivity index (χ0v) is 23.0. The van der Waals surface area contributed by atoms with Crippen LogP contribution < -0.4 is 20.6 Å². The summed E-state index contributed by atoms with van der Waals surface area (Å²) in [6.07, 6.45) is 1.26. The van der Waals surface area contributed by atoms with E-state index in [1.54, 1.807) is 81.7 Å². The molecule has 0 saturated heterocycles. The van der Waals surface area contributed by atoms with Gasteiger partial charge in [-0.15, -0.1) is 0 Å². The number of hydrogen-bond donors (Lipinski definition) is 2. The predicted octanol–water partition coefficient (Wildman–Crippen LogP) is 4.77. The van der Waals surface area contributed by atoms with Gasteiger partial charge in [0.25, 0.3) is 5.91 Å². The van der Waals surface area contributed by atoms with E-state index in [2.05, 4.69) is 20.6 Å². The Hall–Kier alpha value is -5.25. The summed E-state index contributed by atoms with van der Waals surface area (Å²) in [5.41, 5.74) is 2.55. The molecule has 0 radical (unpaired) electrons. The van der Waals surface area contributed by atoms with Gasteiger partial charge in [0, 0.05) is 41.2 Å². The standard InChI is InChI=1S/C31H31N5O5/c1-31(2,3)36(30(39)40)26-16-15-25(23-9-5-4-6-10-23)34-27(26)35-28(37)24-13-11-21(12-14-24)19-33-29(38)41-20-22-8-7-17-32-18-22/h4-18H,19-20H2,1-3H3,(H,33,38)(H,39,40)(H,34,35,37)/p-1. The number of carboxylic acid groups (broad SMARTS) is 1. The van der Waals surface area contributed by atoms with Crippen molar-refractivity contribution in [2.45, 2.75) is 39.5 Å². The number of alkyl carbamates (subject to hydrolysis) is 1. The number of pyridine rings is 2. The number of carbonyl (C=O) groups excluding carboxylic acids is 3. The number of rotatable bonds is 8. The summed E-state index contributed by atoms with van der Waals surface area (Å²) >= 11 is 0. The van der Waals surface area contributed by atoms with Gasteiger partial charge >= 0.3 is 6.09 Å². The van der Waals surface area contributed by atoms with Gasteiger partial charge in [-0.1, -0.05) is 48.5 Å². The van der Waals surface area contributed by atoms with Crippen LogP contribution in [0.15, 0.2) is 91.3 Å². The number of carbonyl (C=O) groups is 3. The van der Waals surface area contributed by atoms with E-state index in [0.717, 1.165) is 21.6 Å². The average Bonchev–Trinajstić information content (AvgIpc) is 2.96. The molecular weight excluding hydrogens is 522 g/mol. The third kappa shape index (κ3) is 7.66. The fourth-order valence-corrected chi connectivity index (χ4v) is 4.04. The summed E-state index contributed by atoms with van der Waals surface area (Å²) < 4.78 is 5.18. The Morgan fingerprint density at radius 1 is 0.902 bits per heavy atom. The van der Waals surface area contributed by atoms with E-state index in [-0.39, 0.29) is 24.7 Å².